The molecule has 2 rings (SSSR count). The highest BCUT2D eigenvalue weighted by atomic mass is 16.5. The van der Waals surface area contributed by atoms with E-state index in [2.05, 4.69) is 11.9 Å². The Bertz CT molecular complexity index is 420. The number of esters is 1. The summed E-state index contributed by atoms with van der Waals surface area (Å²) < 4.78 is 5.51. The fourth-order valence-electron chi connectivity index (χ4n) is 2.50. The van der Waals surface area contributed by atoms with Gasteiger partial charge < -0.3 is 10.5 Å². The minimum Gasteiger partial charge on any atom is -0.458 e. The minimum atomic E-state index is -0.357. The number of anilines is 1. The van der Waals surface area contributed by atoms with Gasteiger partial charge in [-0.15, -0.1) is 0 Å². The van der Waals surface area contributed by atoms with Crippen molar-refractivity contribution in [1.29, 1.82) is 0 Å². The van der Waals surface area contributed by atoms with Gasteiger partial charge in [-0.1, -0.05) is 25.8 Å². The van der Waals surface area contributed by atoms with Crippen LogP contribution in [0.1, 0.15) is 49.5 Å². The highest BCUT2D eigenvalue weighted by Gasteiger charge is 2.24. The lowest BCUT2D eigenvalue weighted by Crippen LogP contribution is -2.25. The molecule has 1 aliphatic carbocycles. The fraction of sp³-hybridized carbons (Fsp3) is 0.571. The Labute approximate surface area is 108 Å². The molecular weight excluding hydrogens is 228 g/mol. The maximum absolute atomic E-state index is 11.9. The Morgan fingerprint density at radius 2 is 2.33 bits per heavy atom. The molecule has 0 saturated heterocycles. The van der Waals surface area contributed by atoms with Crippen LogP contribution in [0, 0.1) is 5.92 Å². The number of nitrogens with two attached hydrogens (primary N) is 1. The lowest BCUT2D eigenvalue weighted by atomic mass is 9.85. The molecule has 2 unspecified atom stereocenters. The summed E-state index contributed by atoms with van der Waals surface area (Å²) in [5.41, 5.74) is 5.85. The SMILES string of the molecule is CCC1CCCC(OC(=O)c2cccc(N)n2)C1. The van der Waals surface area contributed by atoms with Gasteiger partial charge in [0.25, 0.3) is 0 Å². The summed E-state index contributed by atoms with van der Waals surface area (Å²) in [6.45, 7) is 2.19. The van der Waals surface area contributed by atoms with Crippen LogP contribution < -0.4 is 5.73 Å². The lowest BCUT2D eigenvalue weighted by molar-refractivity contribution is 0.0134. The highest BCUT2D eigenvalue weighted by Crippen LogP contribution is 2.28. The van der Waals surface area contributed by atoms with Crippen LogP contribution in [-0.4, -0.2) is 17.1 Å². The molecule has 4 nitrogen and oxygen atoms in total. The lowest BCUT2D eigenvalue weighted by Gasteiger charge is -2.28. The van der Waals surface area contributed by atoms with Crippen LogP contribution in [0.25, 0.3) is 0 Å². The zero-order valence-corrected chi connectivity index (χ0v) is 10.8. The maximum atomic E-state index is 11.9. The van der Waals surface area contributed by atoms with Crippen LogP contribution in [0.15, 0.2) is 18.2 Å². The van der Waals surface area contributed by atoms with Crippen molar-refractivity contribution in [3.8, 4) is 0 Å². The van der Waals surface area contributed by atoms with Crippen molar-refractivity contribution in [2.24, 2.45) is 5.92 Å². The Balaban J connectivity index is 1.95. The monoisotopic (exact) mass is 248 g/mol. The maximum Gasteiger partial charge on any atom is 0.357 e. The van der Waals surface area contributed by atoms with Crippen molar-refractivity contribution < 1.29 is 9.53 Å². The van der Waals surface area contributed by atoms with Gasteiger partial charge in [0.2, 0.25) is 0 Å². The first-order chi connectivity index (χ1) is 8.69. The summed E-state index contributed by atoms with van der Waals surface area (Å²) in [7, 11) is 0. The Hall–Kier alpha value is -1.58. The number of hydrogen-bond donors (Lipinski definition) is 1. The van der Waals surface area contributed by atoms with Crippen LogP contribution in [0.4, 0.5) is 5.82 Å². The molecule has 1 aromatic rings. The third kappa shape index (κ3) is 3.22. The standard InChI is InChI=1S/C14H20N2O2/c1-2-10-5-3-6-11(9-10)18-14(17)12-7-4-8-13(15)16-12/h4,7-8,10-11H,2-3,5-6,9H2,1H3,(H2,15,16). The third-order valence-corrected chi connectivity index (χ3v) is 3.57. The average Bonchev–Trinajstić information content (AvgIpc) is 2.39. The normalized spacial score (nSPS) is 23.6. The van der Waals surface area contributed by atoms with Crippen molar-refractivity contribution in [2.45, 2.75) is 45.1 Å². The number of hydrogen-bond acceptors (Lipinski definition) is 4. The van der Waals surface area contributed by atoms with E-state index >= 15 is 0 Å². The molecule has 1 saturated carbocycles. The molecule has 1 aromatic heterocycles. The quantitative estimate of drug-likeness (QED) is 0.835. The van der Waals surface area contributed by atoms with Crippen LogP contribution in [0.2, 0.25) is 0 Å². The predicted octanol–water partition coefficient (Wildman–Crippen LogP) is 2.79. The van der Waals surface area contributed by atoms with E-state index in [1.807, 2.05) is 0 Å². The molecule has 0 bridgehead atoms. The van der Waals surface area contributed by atoms with Crippen molar-refractivity contribution in [2.75, 3.05) is 5.73 Å². The second kappa shape index (κ2) is 5.85. The zero-order chi connectivity index (χ0) is 13.0. The molecule has 0 amide bonds. The van der Waals surface area contributed by atoms with Gasteiger partial charge in [-0.2, -0.15) is 0 Å². The van der Waals surface area contributed by atoms with Gasteiger partial charge >= 0.3 is 5.97 Å². The average molecular weight is 248 g/mol. The third-order valence-electron chi connectivity index (χ3n) is 3.57. The summed E-state index contributed by atoms with van der Waals surface area (Å²) in [6, 6.07) is 5.01. The molecule has 1 fully saturated rings. The van der Waals surface area contributed by atoms with Crippen LogP contribution in [0.5, 0.6) is 0 Å². The molecule has 0 spiro atoms. The molecule has 98 valence electrons. The van der Waals surface area contributed by atoms with Gasteiger partial charge in [-0.25, -0.2) is 9.78 Å². The number of aromatic nitrogens is 1. The van der Waals surface area contributed by atoms with E-state index in [9.17, 15) is 4.79 Å². The van der Waals surface area contributed by atoms with Gasteiger partial charge in [0.05, 0.1) is 0 Å². The summed E-state index contributed by atoms with van der Waals surface area (Å²) in [6.07, 6.45) is 5.53. The van der Waals surface area contributed by atoms with E-state index < -0.39 is 0 Å². The molecule has 2 atom stereocenters. The van der Waals surface area contributed by atoms with Crippen molar-refractivity contribution in [1.82, 2.24) is 4.98 Å². The highest BCUT2D eigenvalue weighted by molar-refractivity contribution is 5.87. The predicted molar refractivity (Wildman–Crippen MR) is 70.1 cm³/mol. The van der Waals surface area contributed by atoms with E-state index in [4.69, 9.17) is 10.5 Å². The Kier molecular flexibility index (Phi) is 4.18. The molecule has 0 aromatic carbocycles. The summed E-state index contributed by atoms with van der Waals surface area (Å²) >= 11 is 0. The first-order valence-corrected chi connectivity index (χ1v) is 6.62. The molecule has 0 radical (unpaired) electrons. The second-order valence-corrected chi connectivity index (χ2v) is 4.92. The van der Waals surface area contributed by atoms with E-state index in [0.29, 0.717) is 17.4 Å². The molecule has 1 heterocycles. The van der Waals surface area contributed by atoms with Gasteiger partial charge in [0.15, 0.2) is 5.69 Å². The number of carbonyl (C=O) groups is 1. The van der Waals surface area contributed by atoms with Crippen LogP contribution >= 0.6 is 0 Å². The fourth-order valence-corrected chi connectivity index (χ4v) is 2.50. The number of rotatable bonds is 3. The Morgan fingerprint density at radius 1 is 1.50 bits per heavy atom. The number of carbonyl (C=O) groups excluding carboxylic acids is 1. The molecule has 18 heavy (non-hydrogen) atoms. The van der Waals surface area contributed by atoms with E-state index in [1.54, 1.807) is 18.2 Å². The van der Waals surface area contributed by atoms with Crippen molar-refractivity contribution >= 4 is 11.8 Å². The minimum absolute atomic E-state index is 0.0411. The van der Waals surface area contributed by atoms with Crippen LogP contribution in [0.3, 0.4) is 0 Å². The first kappa shape index (κ1) is 12.9. The van der Waals surface area contributed by atoms with Crippen LogP contribution in [-0.2, 0) is 4.74 Å². The Morgan fingerprint density at radius 3 is 3.06 bits per heavy atom. The van der Waals surface area contributed by atoms with Gasteiger partial charge in [-0.05, 0) is 37.3 Å². The van der Waals surface area contributed by atoms with Crippen molar-refractivity contribution in [3.05, 3.63) is 23.9 Å². The number of pyridine rings is 1. The molecular formula is C14H20N2O2. The number of ether oxygens (including phenoxy) is 1. The van der Waals surface area contributed by atoms with E-state index in [-0.39, 0.29) is 12.1 Å². The topological polar surface area (TPSA) is 65.2 Å². The molecule has 1 aliphatic rings. The second-order valence-electron chi connectivity index (χ2n) is 4.92. The zero-order valence-electron chi connectivity index (χ0n) is 10.8. The molecule has 2 N–H and O–H groups in total. The number of nitrogen functional groups attached to an aromatic ring is 1. The van der Waals surface area contributed by atoms with Gasteiger partial charge in [-0.3, -0.25) is 0 Å². The largest absolute Gasteiger partial charge is 0.458 e. The summed E-state index contributed by atoms with van der Waals surface area (Å²) in [5, 5.41) is 0. The van der Waals surface area contributed by atoms with E-state index in [0.717, 1.165) is 25.7 Å². The molecule has 0 aliphatic heterocycles. The first-order valence-electron chi connectivity index (χ1n) is 6.62. The summed E-state index contributed by atoms with van der Waals surface area (Å²) in [5.74, 6) is 0.675. The smallest absolute Gasteiger partial charge is 0.357 e. The van der Waals surface area contributed by atoms with Crippen molar-refractivity contribution in [3.63, 3.8) is 0 Å². The van der Waals surface area contributed by atoms with Gasteiger partial charge in [0.1, 0.15) is 11.9 Å². The molecule has 4 heteroatoms. The summed E-state index contributed by atoms with van der Waals surface area (Å²) in [4.78, 5) is 15.9. The number of nitrogens with zero attached hydrogens (tertiary/aromatic N) is 1. The van der Waals surface area contributed by atoms with E-state index in [1.165, 1.54) is 6.42 Å². The van der Waals surface area contributed by atoms with Gasteiger partial charge in [0, 0.05) is 0 Å².